The zero-order valence-electron chi connectivity index (χ0n) is 18.6. The number of carbonyl (C=O) groups is 1. The highest BCUT2D eigenvalue weighted by Crippen LogP contribution is 2.27. The number of hydrogen-bond donors (Lipinski definition) is 2. The van der Waals surface area contributed by atoms with Crippen LogP contribution in [-0.4, -0.2) is 67.3 Å². The summed E-state index contributed by atoms with van der Waals surface area (Å²) in [6.45, 7) is 6.09. The van der Waals surface area contributed by atoms with Crippen LogP contribution >= 0.6 is 0 Å². The first-order valence-electron chi connectivity index (χ1n) is 11.6. The molecule has 2 saturated heterocycles. The molecule has 0 saturated carbocycles. The van der Waals surface area contributed by atoms with Crippen molar-refractivity contribution in [3.05, 3.63) is 40.2 Å². The molecule has 8 nitrogen and oxygen atoms in total. The van der Waals surface area contributed by atoms with Gasteiger partial charge in [-0.1, -0.05) is 6.42 Å². The van der Waals surface area contributed by atoms with E-state index in [1.807, 2.05) is 6.92 Å². The predicted octanol–water partition coefficient (Wildman–Crippen LogP) is 2.31. The third kappa shape index (κ3) is 4.89. The van der Waals surface area contributed by atoms with Gasteiger partial charge in [-0.3, -0.25) is 9.59 Å². The first kappa shape index (κ1) is 22.9. The summed E-state index contributed by atoms with van der Waals surface area (Å²) in [6, 6.07) is 5.78. The van der Waals surface area contributed by atoms with Gasteiger partial charge in [-0.2, -0.15) is 4.31 Å². The highest BCUT2D eigenvalue weighted by Gasteiger charge is 2.31. The lowest BCUT2D eigenvalue weighted by atomic mass is 10.1. The molecule has 32 heavy (non-hydrogen) atoms. The molecule has 3 heterocycles. The highest BCUT2D eigenvalue weighted by molar-refractivity contribution is 7.89. The molecule has 2 aliphatic heterocycles. The van der Waals surface area contributed by atoms with Gasteiger partial charge in [-0.25, -0.2) is 8.42 Å². The largest absolute Gasteiger partial charge is 0.352 e. The third-order valence-electron chi connectivity index (χ3n) is 6.54. The monoisotopic (exact) mass is 460 g/mol. The number of rotatable bonds is 7. The number of piperidine rings is 1. The van der Waals surface area contributed by atoms with Crippen LogP contribution in [0.5, 0.6) is 0 Å². The lowest BCUT2D eigenvalue weighted by molar-refractivity contribution is 0.0953. The van der Waals surface area contributed by atoms with Gasteiger partial charge in [0.1, 0.15) is 0 Å². The SMILES string of the molecule is CC1CCCCN1S(=O)(=O)c1ccc2[nH]c(=O)cc(C(=O)NCCCN3CCCC3)c2c1. The highest BCUT2D eigenvalue weighted by atomic mass is 32.2. The number of pyridine rings is 1. The van der Waals surface area contributed by atoms with E-state index in [2.05, 4.69) is 15.2 Å². The van der Waals surface area contributed by atoms with E-state index in [4.69, 9.17) is 0 Å². The third-order valence-corrected chi connectivity index (χ3v) is 8.55. The summed E-state index contributed by atoms with van der Waals surface area (Å²) in [6.07, 6.45) is 5.99. The lowest BCUT2D eigenvalue weighted by Gasteiger charge is -2.32. The van der Waals surface area contributed by atoms with Crippen LogP contribution in [-0.2, 0) is 10.0 Å². The number of fused-ring (bicyclic) bond motifs is 1. The van der Waals surface area contributed by atoms with Gasteiger partial charge >= 0.3 is 0 Å². The molecule has 1 unspecified atom stereocenters. The van der Waals surface area contributed by atoms with E-state index >= 15 is 0 Å². The van der Waals surface area contributed by atoms with Crippen molar-refractivity contribution in [1.82, 2.24) is 19.5 Å². The van der Waals surface area contributed by atoms with E-state index in [1.54, 1.807) is 10.4 Å². The molecule has 4 rings (SSSR count). The minimum Gasteiger partial charge on any atom is -0.352 e. The number of likely N-dealkylation sites (tertiary alicyclic amines) is 1. The number of amides is 1. The number of sulfonamides is 1. The summed E-state index contributed by atoms with van der Waals surface area (Å²) < 4.78 is 28.1. The molecule has 2 N–H and O–H groups in total. The molecular weight excluding hydrogens is 428 g/mol. The molecule has 174 valence electrons. The van der Waals surface area contributed by atoms with Crippen molar-refractivity contribution >= 4 is 26.8 Å². The number of benzene rings is 1. The van der Waals surface area contributed by atoms with Crippen LogP contribution in [0, 0.1) is 0 Å². The molecule has 0 spiro atoms. The zero-order chi connectivity index (χ0) is 22.7. The minimum atomic E-state index is -3.68. The second-order valence-electron chi connectivity index (χ2n) is 8.87. The fourth-order valence-electron chi connectivity index (χ4n) is 4.75. The number of H-pyrrole nitrogens is 1. The summed E-state index contributed by atoms with van der Waals surface area (Å²) in [4.78, 5) is 30.2. The second-order valence-corrected chi connectivity index (χ2v) is 10.8. The number of aromatic amines is 1. The Kier molecular flexibility index (Phi) is 6.97. The molecular formula is C23H32N4O4S. The molecule has 1 aromatic carbocycles. The number of aromatic nitrogens is 1. The van der Waals surface area contributed by atoms with Crippen LogP contribution in [0.3, 0.4) is 0 Å². The lowest BCUT2D eigenvalue weighted by Crippen LogP contribution is -2.41. The van der Waals surface area contributed by atoms with E-state index in [-0.39, 0.29) is 28.0 Å². The molecule has 1 atom stereocenters. The molecule has 9 heteroatoms. The van der Waals surface area contributed by atoms with Crippen LogP contribution in [0.1, 0.15) is 55.8 Å². The fraction of sp³-hybridized carbons (Fsp3) is 0.565. The Morgan fingerprint density at radius 1 is 1.12 bits per heavy atom. The van der Waals surface area contributed by atoms with Gasteiger partial charge < -0.3 is 15.2 Å². The zero-order valence-corrected chi connectivity index (χ0v) is 19.4. The van der Waals surface area contributed by atoms with Gasteiger partial charge in [0.05, 0.1) is 10.5 Å². The molecule has 0 bridgehead atoms. The quantitative estimate of drug-likeness (QED) is 0.618. The maximum atomic E-state index is 13.3. The van der Waals surface area contributed by atoms with Crippen LogP contribution in [0.25, 0.3) is 10.9 Å². The van der Waals surface area contributed by atoms with Crippen LogP contribution in [0.4, 0.5) is 0 Å². The summed E-state index contributed by atoms with van der Waals surface area (Å²) in [7, 11) is -3.68. The Morgan fingerprint density at radius 2 is 1.88 bits per heavy atom. The first-order chi connectivity index (χ1) is 15.4. The van der Waals surface area contributed by atoms with Gasteiger partial charge in [-0.15, -0.1) is 0 Å². The Morgan fingerprint density at radius 3 is 2.62 bits per heavy atom. The Labute approximate surface area is 189 Å². The predicted molar refractivity (Wildman–Crippen MR) is 124 cm³/mol. The average Bonchev–Trinajstić information content (AvgIpc) is 3.29. The first-order valence-corrected chi connectivity index (χ1v) is 13.0. The molecule has 1 amide bonds. The summed E-state index contributed by atoms with van der Waals surface area (Å²) >= 11 is 0. The van der Waals surface area contributed by atoms with Crippen molar-refractivity contribution in [2.75, 3.05) is 32.7 Å². The molecule has 0 radical (unpaired) electrons. The Bertz CT molecular complexity index is 1140. The van der Waals surface area contributed by atoms with Gasteiger partial charge in [0.25, 0.3) is 5.91 Å². The minimum absolute atomic E-state index is 0.0570. The van der Waals surface area contributed by atoms with E-state index < -0.39 is 10.0 Å². The van der Waals surface area contributed by atoms with E-state index in [0.29, 0.717) is 24.0 Å². The van der Waals surface area contributed by atoms with Crippen molar-refractivity contribution < 1.29 is 13.2 Å². The van der Waals surface area contributed by atoms with Gasteiger partial charge in [-0.05, 0) is 76.9 Å². The Balaban J connectivity index is 1.56. The second kappa shape index (κ2) is 9.72. The van der Waals surface area contributed by atoms with Crippen molar-refractivity contribution in [1.29, 1.82) is 0 Å². The number of carbonyl (C=O) groups excluding carboxylic acids is 1. The van der Waals surface area contributed by atoms with E-state index in [9.17, 15) is 18.0 Å². The molecule has 1 aromatic heterocycles. The average molecular weight is 461 g/mol. The smallest absolute Gasteiger partial charge is 0.252 e. The van der Waals surface area contributed by atoms with Crippen molar-refractivity contribution in [2.24, 2.45) is 0 Å². The van der Waals surface area contributed by atoms with Gasteiger partial charge in [0.15, 0.2) is 0 Å². The topological polar surface area (TPSA) is 103 Å². The molecule has 2 aromatic rings. The molecule has 0 aliphatic carbocycles. The van der Waals surface area contributed by atoms with Crippen molar-refractivity contribution in [2.45, 2.75) is 56.4 Å². The molecule has 2 fully saturated rings. The summed E-state index contributed by atoms with van der Waals surface area (Å²) in [5.74, 6) is -0.358. The normalized spacial score (nSPS) is 20.6. The van der Waals surface area contributed by atoms with Crippen LogP contribution < -0.4 is 10.9 Å². The van der Waals surface area contributed by atoms with Gasteiger partial charge in [0, 0.05) is 36.1 Å². The standard InChI is InChI=1S/C23H32N4O4S/c1-17-7-2-3-14-27(17)32(30,31)18-8-9-21-19(15-18)20(16-22(28)25-21)23(29)24-10-6-13-26-11-4-5-12-26/h8-9,15-17H,2-7,10-14H2,1H3,(H,24,29)(H,25,28). The van der Waals surface area contributed by atoms with E-state index in [1.165, 1.54) is 31.0 Å². The number of nitrogens with zero attached hydrogens (tertiary/aromatic N) is 2. The number of hydrogen-bond acceptors (Lipinski definition) is 5. The molecule has 2 aliphatic rings. The summed E-state index contributed by atoms with van der Waals surface area (Å²) in [5, 5.41) is 3.33. The van der Waals surface area contributed by atoms with Crippen molar-refractivity contribution in [3.8, 4) is 0 Å². The Hall–Kier alpha value is -2.23. The maximum Gasteiger partial charge on any atom is 0.252 e. The fourth-order valence-corrected chi connectivity index (χ4v) is 6.48. The maximum absolute atomic E-state index is 13.3. The van der Waals surface area contributed by atoms with Gasteiger partial charge in [0.2, 0.25) is 15.6 Å². The summed E-state index contributed by atoms with van der Waals surface area (Å²) in [5.41, 5.74) is 0.263. The number of nitrogens with one attached hydrogen (secondary N) is 2. The van der Waals surface area contributed by atoms with Crippen LogP contribution in [0.2, 0.25) is 0 Å². The van der Waals surface area contributed by atoms with Crippen molar-refractivity contribution in [3.63, 3.8) is 0 Å². The van der Waals surface area contributed by atoms with Crippen LogP contribution in [0.15, 0.2) is 34.0 Å². The van der Waals surface area contributed by atoms with E-state index in [0.717, 1.165) is 45.3 Å².